The SMILES string of the molecule is COC[C@H](C)Oc1ccccc1N. The fourth-order valence-electron chi connectivity index (χ4n) is 1.07. The molecule has 0 unspecified atom stereocenters. The molecule has 0 bridgehead atoms. The summed E-state index contributed by atoms with van der Waals surface area (Å²) in [5, 5.41) is 0. The van der Waals surface area contributed by atoms with Crippen molar-refractivity contribution in [3.8, 4) is 5.75 Å². The average Bonchev–Trinajstić information content (AvgIpc) is 2.09. The smallest absolute Gasteiger partial charge is 0.142 e. The lowest BCUT2D eigenvalue weighted by atomic mass is 10.3. The molecule has 0 fully saturated rings. The van der Waals surface area contributed by atoms with Crippen LogP contribution in [0.3, 0.4) is 0 Å². The Morgan fingerprint density at radius 3 is 2.69 bits per heavy atom. The van der Waals surface area contributed by atoms with E-state index in [0.29, 0.717) is 18.0 Å². The highest BCUT2D eigenvalue weighted by molar-refractivity contribution is 5.51. The number of benzene rings is 1. The summed E-state index contributed by atoms with van der Waals surface area (Å²) in [5.74, 6) is 0.715. The van der Waals surface area contributed by atoms with Gasteiger partial charge in [-0.3, -0.25) is 0 Å². The fraction of sp³-hybridized carbons (Fsp3) is 0.400. The summed E-state index contributed by atoms with van der Waals surface area (Å²) in [6, 6.07) is 7.44. The number of rotatable bonds is 4. The lowest BCUT2D eigenvalue weighted by molar-refractivity contribution is 0.0926. The third-order valence-electron chi connectivity index (χ3n) is 1.65. The van der Waals surface area contributed by atoms with Gasteiger partial charge in [0.15, 0.2) is 0 Å². The summed E-state index contributed by atoms with van der Waals surface area (Å²) < 4.78 is 10.5. The van der Waals surface area contributed by atoms with Crippen LogP contribution in [0.2, 0.25) is 0 Å². The van der Waals surface area contributed by atoms with Crippen molar-refractivity contribution in [2.45, 2.75) is 13.0 Å². The summed E-state index contributed by atoms with van der Waals surface area (Å²) in [7, 11) is 1.65. The van der Waals surface area contributed by atoms with E-state index in [4.69, 9.17) is 15.2 Å². The number of methoxy groups -OCH3 is 1. The molecule has 1 rings (SSSR count). The van der Waals surface area contributed by atoms with Gasteiger partial charge in [-0.1, -0.05) is 12.1 Å². The van der Waals surface area contributed by atoms with E-state index in [-0.39, 0.29) is 6.10 Å². The first-order valence-electron chi connectivity index (χ1n) is 4.24. The van der Waals surface area contributed by atoms with Crippen LogP contribution in [-0.2, 0) is 4.74 Å². The number of ether oxygens (including phenoxy) is 2. The molecule has 1 atom stereocenters. The Morgan fingerprint density at radius 1 is 1.38 bits per heavy atom. The largest absolute Gasteiger partial charge is 0.486 e. The summed E-state index contributed by atoms with van der Waals surface area (Å²) in [4.78, 5) is 0. The predicted octanol–water partition coefficient (Wildman–Crippen LogP) is 1.68. The molecule has 1 aromatic carbocycles. The van der Waals surface area contributed by atoms with Crippen molar-refractivity contribution in [1.29, 1.82) is 0 Å². The molecule has 3 heteroatoms. The Labute approximate surface area is 78.5 Å². The molecule has 72 valence electrons. The zero-order chi connectivity index (χ0) is 9.68. The van der Waals surface area contributed by atoms with Crippen molar-refractivity contribution in [2.24, 2.45) is 0 Å². The lowest BCUT2D eigenvalue weighted by Crippen LogP contribution is -2.18. The quantitative estimate of drug-likeness (QED) is 0.719. The van der Waals surface area contributed by atoms with E-state index in [1.165, 1.54) is 0 Å². The molecule has 13 heavy (non-hydrogen) atoms. The third kappa shape index (κ3) is 2.95. The number of para-hydroxylation sites is 2. The van der Waals surface area contributed by atoms with Crippen LogP contribution in [0.1, 0.15) is 6.92 Å². The third-order valence-corrected chi connectivity index (χ3v) is 1.65. The van der Waals surface area contributed by atoms with E-state index >= 15 is 0 Å². The zero-order valence-electron chi connectivity index (χ0n) is 7.99. The van der Waals surface area contributed by atoms with Gasteiger partial charge in [0, 0.05) is 7.11 Å². The van der Waals surface area contributed by atoms with Crippen LogP contribution in [-0.4, -0.2) is 19.8 Å². The Kier molecular flexibility index (Phi) is 3.58. The average molecular weight is 181 g/mol. The predicted molar refractivity (Wildman–Crippen MR) is 52.8 cm³/mol. The standard InChI is InChI=1S/C10H15NO2/c1-8(7-12-2)13-10-6-4-3-5-9(10)11/h3-6,8H,7,11H2,1-2H3/t8-/m0/s1. The molecule has 0 amide bonds. The van der Waals surface area contributed by atoms with E-state index in [1.807, 2.05) is 31.2 Å². The minimum atomic E-state index is 0.0229. The molecule has 0 saturated heterocycles. The number of hydrogen-bond donors (Lipinski definition) is 1. The van der Waals surface area contributed by atoms with Gasteiger partial charge >= 0.3 is 0 Å². The first kappa shape index (κ1) is 9.86. The topological polar surface area (TPSA) is 44.5 Å². The summed E-state index contributed by atoms with van der Waals surface area (Å²) in [6.07, 6.45) is 0.0229. The minimum absolute atomic E-state index is 0.0229. The highest BCUT2D eigenvalue weighted by Crippen LogP contribution is 2.20. The second-order valence-corrected chi connectivity index (χ2v) is 2.92. The molecule has 0 aliphatic carbocycles. The van der Waals surface area contributed by atoms with Crippen molar-refractivity contribution in [3.63, 3.8) is 0 Å². The number of nitrogens with two attached hydrogens (primary N) is 1. The zero-order valence-corrected chi connectivity index (χ0v) is 7.99. The molecule has 0 aliphatic heterocycles. The van der Waals surface area contributed by atoms with Crippen molar-refractivity contribution < 1.29 is 9.47 Å². The molecular formula is C10H15NO2. The molecule has 2 N–H and O–H groups in total. The molecule has 0 spiro atoms. The highest BCUT2D eigenvalue weighted by atomic mass is 16.5. The van der Waals surface area contributed by atoms with Crippen LogP contribution < -0.4 is 10.5 Å². The van der Waals surface area contributed by atoms with Crippen molar-refractivity contribution >= 4 is 5.69 Å². The van der Waals surface area contributed by atoms with E-state index in [1.54, 1.807) is 7.11 Å². The van der Waals surface area contributed by atoms with Crippen LogP contribution in [0, 0.1) is 0 Å². The van der Waals surface area contributed by atoms with Gasteiger partial charge in [0.25, 0.3) is 0 Å². The maximum atomic E-state index is 5.70. The number of nitrogen functional groups attached to an aromatic ring is 1. The van der Waals surface area contributed by atoms with Gasteiger partial charge in [-0.25, -0.2) is 0 Å². The van der Waals surface area contributed by atoms with Crippen molar-refractivity contribution in [1.82, 2.24) is 0 Å². The van der Waals surface area contributed by atoms with Crippen LogP contribution in [0.4, 0.5) is 5.69 Å². The molecule has 1 aromatic rings. The second kappa shape index (κ2) is 4.72. The summed E-state index contributed by atoms with van der Waals surface area (Å²) in [6.45, 7) is 2.50. The van der Waals surface area contributed by atoms with Crippen molar-refractivity contribution in [2.75, 3.05) is 19.5 Å². The molecule has 0 aromatic heterocycles. The maximum Gasteiger partial charge on any atom is 0.142 e. The Balaban J connectivity index is 2.58. The maximum absolute atomic E-state index is 5.70. The van der Waals surface area contributed by atoms with Gasteiger partial charge in [-0.05, 0) is 19.1 Å². The summed E-state index contributed by atoms with van der Waals surface area (Å²) >= 11 is 0. The number of hydrogen-bond acceptors (Lipinski definition) is 3. The first-order chi connectivity index (χ1) is 6.24. The summed E-state index contributed by atoms with van der Waals surface area (Å²) in [5.41, 5.74) is 6.36. The van der Waals surface area contributed by atoms with Crippen LogP contribution >= 0.6 is 0 Å². The van der Waals surface area contributed by atoms with E-state index in [9.17, 15) is 0 Å². The van der Waals surface area contributed by atoms with E-state index in [0.717, 1.165) is 0 Å². The Bertz CT molecular complexity index is 263. The van der Waals surface area contributed by atoms with Gasteiger partial charge in [0.1, 0.15) is 11.9 Å². The van der Waals surface area contributed by atoms with Crippen molar-refractivity contribution in [3.05, 3.63) is 24.3 Å². The second-order valence-electron chi connectivity index (χ2n) is 2.92. The Hall–Kier alpha value is -1.22. The van der Waals surface area contributed by atoms with Gasteiger partial charge < -0.3 is 15.2 Å². The lowest BCUT2D eigenvalue weighted by Gasteiger charge is -2.14. The molecule has 3 nitrogen and oxygen atoms in total. The van der Waals surface area contributed by atoms with Crippen LogP contribution in [0.15, 0.2) is 24.3 Å². The van der Waals surface area contributed by atoms with Gasteiger partial charge in [-0.2, -0.15) is 0 Å². The monoisotopic (exact) mass is 181 g/mol. The van der Waals surface area contributed by atoms with Gasteiger partial charge in [0.2, 0.25) is 0 Å². The number of anilines is 1. The highest BCUT2D eigenvalue weighted by Gasteiger charge is 2.04. The van der Waals surface area contributed by atoms with Crippen LogP contribution in [0.25, 0.3) is 0 Å². The normalized spacial score (nSPS) is 12.5. The van der Waals surface area contributed by atoms with Gasteiger partial charge in [0.05, 0.1) is 12.3 Å². The molecular weight excluding hydrogens is 166 g/mol. The molecule has 0 saturated carbocycles. The molecule has 0 aliphatic rings. The van der Waals surface area contributed by atoms with E-state index < -0.39 is 0 Å². The molecule has 0 radical (unpaired) electrons. The minimum Gasteiger partial charge on any atom is -0.486 e. The Morgan fingerprint density at radius 2 is 2.08 bits per heavy atom. The van der Waals surface area contributed by atoms with Gasteiger partial charge in [-0.15, -0.1) is 0 Å². The van der Waals surface area contributed by atoms with E-state index in [2.05, 4.69) is 0 Å². The van der Waals surface area contributed by atoms with Crippen LogP contribution in [0.5, 0.6) is 5.75 Å². The fourth-order valence-corrected chi connectivity index (χ4v) is 1.07. The first-order valence-corrected chi connectivity index (χ1v) is 4.24. The molecule has 0 heterocycles.